The smallest absolute Gasteiger partial charge is 0.257 e. The summed E-state index contributed by atoms with van der Waals surface area (Å²) in [4.78, 5) is 14.0. The molecule has 1 fully saturated rings. The lowest BCUT2D eigenvalue weighted by Gasteiger charge is -2.35. The molecule has 1 aliphatic rings. The minimum atomic E-state index is -0.627. The number of furan rings is 1. The van der Waals surface area contributed by atoms with Gasteiger partial charge in [0.2, 0.25) is 0 Å². The van der Waals surface area contributed by atoms with Crippen LogP contribution in [0.3, 0.4) is 0 Å². The van der Waals surface area contributed by atoms with Gasteiger partial charge in [0.05, 0.1) is 11.2 Å². The number of likely N-dealkylation sites (tertiary alicyclic amines) is 1. The minimum Gasteiger partial charge on any atom is -0.466 e. The molecular formula is C13H19NO3. The van der Waals surface area contributed by atoms with Crippen LogP contribution < -0.4 is 0 Å². The van der Waals surface area contributed by atoms with Gasteiger partial charge in [-0.15, -0.1) is 0 Å². The Morgan fingerprint density at radius 1 is 1.41 bits per heavy atom. The molecule has 94 valence electrons. The molecule has 1 amide bonds. The fourth-order valence-corrected chi connectivity index (χ4v) is 2.21. The average Bonchev–Trinajstić information content (AvgIpc) is 2.57. The highest BCUT2D eigenvalue weighted by atomic mass is 16.3. The van der Waals surface area contributed by atoms with Gasteiger partial charge in [-0.25, -0.2) is 0 Å². The van der Waals surface area contributed by atoms with Crippen molar-refractivity contribution in [2.24, 2.45) is 0 Å². The molecular weight excluding hydrogens is 218 g/mol. The number of hydrogen-bond acceptors (Lipinski definition) is 3. The molecule has 17 heavy (non-hydrogen) atoms. The van der Waals surface area contributed by atoms with Gasteiger partial charge in [0.25, 0.3) is 5.91 Å². The Bertz CT molecular complexity index is 424. The molecule has 4 nitrogen and oxygen atoms in total. The van der Waals surface area contributed by atoms with Gasteiger partial charge in [-0.05, 0) is 39.7 Å². The second-order valence-corrected chi connectivity index (χ2v) is 5.12. The van der Waals surface area contributed by atoms with Crippen molar-refractivity contribution in [2.45, 2.75) is 39.2 Å². The largest absolute Gasteiger partial charge is 0.466 e. The van der Waals surface area contributed by atoms with Crippen molar-refractivity contribution < 1.29 is 14.3 Å². The van der Waals surface area contributed by atoms with E-state index >= 15 is 0 Å². The standard InChI is InChI=1S/C13H19NO3/c1-9-8-11(10(2)17-9)12(15)14-6-4-13(3,16)5-7-14/h8,16H,4-7H2,1-3H3. The number of hydrogen-bond donors (Lipinski definition) is 1. The fourth-order valence-electron chi connectivity index (χ4n) is 2.21. The molecule has 0 bridgehead atoms. The summed E-state index contributed by atoms with van der Waals surface area (Å²) in [5, 5.41) is 9.85. The predicted molar refractivity (Wildman–Crippen MR) is 63.9 cm³/mol. The predicted octanol–water partition coefficient (Wildman–Crippen LogP) is 1.88. The number of aryl methyl sites for hydroxylation is 2. The van der Waals surface area contributed by atoms with E-state index in [0.717, 1.165) is 5.76 Å². The van der Waals surface area contributed by atoms with Gasteiger partial charge >= 0.3 is 0 Å². The molecule has 0 radical (unpaired) electrons. The Morgan fingerprint density at radius 2 is 2.00 bits per heavy atom. The van der Waals surface area contributed by atoms with Crippen LogP contribution in [0.15, 0.2) is 10.5 Å². The maximum Gasteiger partial charge on any atom is 0.257 e. The van der Waals surface area contributed by atoms with E-state index in [9.17, 15) is 9.90 Å². The molecule has 1 aromatic heterocycles. The first kappa shape index (κ1) is 12.2. The molecule has 1 aliphatic heterocycles. The molecule has 2 rings (SSSR count). The molecule has 0 spiro atoms. The summed E-state index contributed by atoms with van der Waals surface area (Å²) in [5.74, 6) is 1.44. The van der Waals surface area contributed by atoms with Crippen LogP contribution in [-0.4, -0.2) is 34.6 Å². The molecule has 1 saturated heterocycles. The first-order valence-corrected chi connectivity index (χ1v) is 5.98. The molecule has 0 atom stereocenters. The summed E-state index contributed by atoms with van der Waals surface area (Å²) in [6, 6.07) is 1.78. The third-order valence-electron chi connectivity index (χ3n) is 3.40. The second-order valence-electron chi connectivity index (χ2n) is 5.12. The minimum absolute atomic E-state index is 0.00912. The van der Waals surface area contributed by atoms with E-state index in [1.165, 1.54) is 0 Å². The van der Waals surface area contributed by atoms with Crippen molar-refractivity contribution in [1.29, 1.82) is 0 Å². The lowest BCUT2D eigenvalue weighted by atomic mass is 9.93. The number of aliphatic hydroxyl groups is 1. The van der Waals surface area contributed by atoms with E-state index in [-0.39, 0.29) is 5.91 Å². The van der Waals surface area contributed by atoms with E-state index in [4.69, 9.17) is 4.42 Å². The Morgan fingerprint density at radius 3 is 2.47 bits per heavy atom. The average molecular weight is 237 g/mol. The molecule has 0 saturated carbocycles. The zero-order chi connectivity index (χ0) is 12.6. The van der Waals surface area contributed by atoms with Gasteiger partial charge < -0.3 is 14.4 Å². The lowest BCUT2D eigenvalue weighted by Crippen LogP contribution is -2.45. The summed E-state index contributed by atoms with van der Waals surface area (Å²) >= 11 is 0. The molecule has 4 heteroatoms. The van der Waals surface area contributed by atoms with Crippen LogP contribution in [0, 0.1) is 13.8 Å². The van der Waals surface area contributed by atoms with Crippen molar-refractivity contribution in [3.8, 4) is 0 Å². The highest BCUT2D eigenvalue weighted by molar-refractivity contribution is 5.95. The number of piperidine rings is 1. The fraction of sp³-hybridized carbons (Fsp3) is 0.615. The summed E-state index contributed by atoms with van der Waals surface area (Å²) in [5.41, 5.74) is 0.0158. The van der Waals surface area contributed by atoms with Gasteiger partial charge in [-0.3, -0.25) is 4.79 Å². The second kappa shape index (κ2) is 4.18. The summed E-state index contributed by atoms with van der Waals surface area (Å²) in [6.07, 6.45) is 1.27. The first-order chi connectivity index (χ1) is 7.89. The van der Waals surface area contributed by atoms with Crippen molar-refractivity contribution in [2.75, 3.05) is 13.1 Å². The number of amides is 1. The van der Waals surface area contributed by atoms with E-state index in [0.29, 0.717) is 37.3 Å². The van der Waals surface area contributed by atoms with Crippen LogP contribution in [0.5, 0.6) is 0 Å². The van der Waals surface area contributed by atoms with Gasteiger partial charge in [-0.2, -0.15) is 0 Å². The maximum absolute atomic E-state index is 12.2. The van der Waals surface area contributed by atoms with Crippen molar-refractivity contribution in [3.63, 3.8) is 0 Å². The Balaban J connectivity index is 2.09. The highest BCUT2D eigenvalue weighted by Crippen LogP contribution is 2.24. The van der Waals surface area contributed by atoms with Gasteiger partial charge in [-0.1, -0.05) is 0 Å². The van der Waals surface area contributed by atoms with Crippen LogP contribution in [0.2, 0.25) is 0 Å². The topological polar surface area (TPSA) is 53.7 Å². The maximum atomic E-state index is 12.2. The van der Waals surface area contributed by atoms with E-state index in [2.05, 4.69) is 0 Å². The van der Waals surface area contributed by atoms with Gasteiger partial charge in [0.1, 0.15) is 11.5 Å². The van der Waals surface area contributed by atoms with Crippen molar-refractivity contribution >= 4 is 5.91 Å². The zero-order valence-electron chi connectivity index (χ0n) is 10.6. The van der Waals surface area contributed by atoms with E-state index < -0.39 is 5.60 Å². The zero-order valence-corrected chi connectivity index (χ0v) is 10.6. The van der Waals surface area contributed by atoms with Crippen LogP contribution in [0.25, 0.3) is 0 Å². The van der Waals surface area contributed by atoms with Crippen molar-refractivity contribution in [3.05, 3.63) is 23.2 Å². The number of nitrogens with zero attached hydrogens (tertiary/aromatic N) is 1. The van der Waals surface area contributed by atoms with Crippen molar-refractivity contribution in [1.82, 2.24) is 4.90 Å². The molecule has 1 aromatic rings. The number of carbonyl (C=O) groups excluding carboxylic acids is 1. The Kier molecular flexibility index (Phi) is 3.00. The number of carbonyl (C=O) groups is 1. The molecule has 1 N–H and O–H groups in total. The summed E-state index contributed by atoms with van der Waals surface area (Å²) in [7, 11) is 0. The highest BCUT2D eigenvalue weighted by Gasteiger charge is 2.30. The summed E-state index contributed by atoms with van der Waals surface area (Å²) in [6.45, 7) is 6.68. The van der Waals surface area contributed by atoms with Crippen LogP contribution in [0.1, 0.15) is 41.6 Å². The van der Waals surface area contributed by atoms with Crippen LogP contribution in [0.4, 0.5) is 0 Å². The third kappa shape index (κ3) is 2.52. The van der Waals surface area contributed by atoms with Crippen LogP contribution >= 0.6 is 0 Å². The molecule has 0 unspecified atom stereocenters. The Hall–Kier alpha value is -1.29. The Labute approximate surface area is 101 Å². The quantitative estimate of drug-likeness (QED) is 0.811. The number of rotatable bonds is 1. The first-order valence-electron chi connectivity index (χ1n) is 5.98. The monoisotopic (exact) mass is 237 g/mol. The van der Waals surface area contributed by atoms with Gasteiger partial charge in [0, 0.05) is 13.1 Å². The summed E-state index contributed by atoms with van der Waals surface area (Å²) < 4.78 is 5.37. The lowest BCUT2D eigenvalue weighted by molar-refractivity contribution is -0.00205. The normalized spacial score (nSPS) is 19.4. The van der Waals surface area contributed by atoms with Gasteiger partial charge in [0.15, 0.2) is 0 Å². The third-order valence-corrected chi connectivity index (χ3v) is 3.40. The molecule has 0 aliphatic carbocycles. The van der Waals surface area contributed by atoms with E-state index in [1.807, 2.05) is 13.8 Å². The molecule has 0 aromatic carbocycles. The van der Waals surface area contributed by atoms with E-state index in [1.54, 1.807) is 17.9 Å². The van der Waals surface area contributed by atoms with Crippen LogP contribution in [-0.2, 0) is 0 Å². The SMILES string of the molecule is Cc1cc(C(=O)N2CCC(C)(O)CC2)c(C)o1. The molecule has 2 heterocycles.